The van der Waals surface area contributed by atoms with Crippen molar-refractivity contribution in [1.82, 2.24) is 10.9 Å². The summed E-state index contributed by atoms with van der Waals surface area (Å²) in [6, 6.07) is 22.6. The molecule has 3 aromatic rings. The second kappa shape index (κ2) is 15.0. The topological polar surface area (TPSA) is 111 Å². The molecule has 0 saturated heterocycles. The van der Waals surface area contributed by atoms with Crippen molar-refractivity contribution in [2.24, 2.45) is 4.99 Å². The van der Waals surface area contributed by atoms with Gasteiger partial charge >= 0.3 is 0 Å². The van der Waals surface area contributed by atoms with Crippen LogP contribution in [0, 0.1) is 0 Å². The molecule has 222 valence electrons. The van der Waals surface area contributed by atoms with Crippen LogP contribution in [0.5, 0.6) is 17.2 Å². The maximum absolute atomic E-state index is 13.9. The molecule has 9 heteroatoms. The Hall–Kier alpha value is -4.34. The van der Waals surface area contributed by atoms with E-state index in [0.717, 1.165) is 16.9 Å². The van der Waals surface area contributed by atoms with Crippen LogP contribution >= 0.6 is 0 Å². The van der Waals surface area contributed by atoms with Crippen LogP contribution in [0.1, 0.15) is 42.6 Å². The van der Waals surface area contributed by atoms with Crippen LogP contribution in [0.25, 0.3) is 0 Å². The van der Waals surface area contributed by atoms with E-state index in [9.17, 15) is 4.79 Å². The normalized spacial score (nSPS) is 17.6. The van der Waals surface area contributed by atoms with Crippen molar-refractivity contribution in [1.29, 1.82) is 0 Å². The predicted molar refractivity (Wildman–Crippen MR) is 162 cm³/mol. The first-order chi connectivity index (χ1) is 20.5. The van der Waals surface area contributed by atoms with Crippen molar-refractivity contribution in [2.45, 2.75) is 37.8 Å². The van der Waals surface area contributed by atoms with Crippen LogP contribution in [0.15, 0.2) is 90.4 Å². The van der Waals surface area contributed by atoms with Crippen molar-refractivity contribution in [3.63, 3.8) is 0 Å². The molecule has 9 nitrogen and oxygen atoms in total. The molecule has 4 rings (SSSR count). The Morgan fingerprint density at radius 1 is 1.10 bits per heavy atom. The Balaban J connectivity index is 1.57. The molecule has 0 spiro atoms. The number of methoxy groups -OCH3 is 1. The van der Waals surface area contributed by atoms with Crippen LogP contribution in [0.4, 0.5) is 0 Å². The number of hydrazine groups is 1. The zero-order valence-electron chi connectivity index (χ0n) is 24.2. The zero-order chi connectivity index (χ0) is 29.8. The van der Waals surface area contributed by atoms with Crippen LogP contribution in [0.3, 0.4) is 0 Å². The molecule has 1 aliphatic rings. The van der Waals surface area contributed by atoms with Gasteiger partial charge in [0.2, 0.25) is 5.90 Å². The molecule has 0 unspecified atom stereocenters. The Bertz CT molecular complexity index is 1360. The molecule has 3 N–H and O–H groups in total. The molecule has 1 aliphatic heterocycles. The van der Waals surface area contributed by atoms with Gasteiger partial charge in [0.05, 0.1) is 20.3 Å². The van der Waals surface area contributed by atoms with Gasteiger partial charge in [-0.3, -0.25) is 10.2 Å². The molecular weight excluding hydrogens is 534 g/mol. The Morgan fingerprint density at radius 3 is 2.64 bits per heavy atom. The lowest BCUT2D eigenvalue weighted by molar-refractivity contribution is -0.129. The van der Waals surface area contributed by atoms with Gasteiger partial charge in [0.15, 0.2) is 11.6 Å². The number of ether oxygens (including phenoxy) is 4. The summed E-state index contributed by atoms with van der Waals surface area (Å²) in [6.45, 7) is 7.42. The minimum Gasteiger partial charge on any atom is -0.497 e. The van der Waals surface area contributed by atoms with Gasteiger partial charge in [-0.15, -0.1) is 6.58 Å². The quantitative estimate of drug-likeness (QED) is 0.131. The molecule has 0 bridgehead atoms. The highest BCUT2D eigenvalue weighted by molar-refractivity contribution is 6.01. The lowest BCUT2D eigenvalue weighted by Crippen LogP contribution is -2.52. The number of carbonyl (C=O) groups excluding carboxylic acids is 1. The van der Waals surface area contributed by atoms with Crippen molar-refractivity contribution < 1.29 is 28.8 Å². The first-order valence-electron chi connectivity index (χ1n) is 14.1. The Morgan fingerprint density at radius 2 is 1.90 bits per heavy atom. The zero-order valence-corrected chi connectivity index (χ0v) is 24.2. The van der Waals surface area contributed by atoms with Crippen LogP contribution in [0.2, 0.25) is 0 Å². The number of benzene rings is 3. The van der Waals surface area contributed by atoms with E-state index in [1.807, 2.05) is 79.7 Å². The highest BCUT2D eigenvalue weighted by Gasteiger charge is 2.52. The van der Waals surface area contributed by atoms with Gasteiger partial charge in [-0.1, -0.05) is 36.4 Å². The largest absolute Gasteiger partial charge is 0.497 e. The van der Waals surface area contributed by atoms with Gasteiger partial charge in [0, 0.05) is 31.6 Å². The van der Waals surface area contributed by atoms with Gasteiger partial charge in [-0.2, -0.15) is 0 Å². The van der Waals surface area contributed by atoms with E-state index < -0.39 is 11.6 Å². The summed E-state index contributed by atoms with van der Waals surface area (Å²) in [5, 5.41) is 9.00. The molecule has 0 fully saturated rings. The number of amides is 1. The maximum atomic E-state index is 13.9. The molecule has 0 saturated carbocycles. The van der Waals surface area contributed by atoms with E-state index in [2.05, 4.69) is 17.4 Å². The number of rotatable bonds is 16. The first-order valence-corrected chi connectivity index (χ1v) is 14.1. The summed E-state index contributed by atoms with van der Waals surface area (Å²) in [7, 11) is 1.60. The number of aliphatic hydroxyl groups is 1. The van der Waals surface area contributed by atoms with Gasteiger partial charge in [-0.05, 0) is 66.9 Å². The van der Waals surface area contributed by atoms with Gasteiger partial charge in [0.25, 0.3) is 5.91 Å². The van der Waals surface area contributed by atoms with Gasteiger partial charge < -0.3 is 24.1 Å². The summed E-state index contributed by atoms with van der Waals surface area (Å²) >= 11 is 0. The summed E-state index contributed by atoms with van der Waals surface area (Å²) in [5.41, 5.74) is 7.12. The number of nitrogens with zero attached hydrogens (tertiary/aromatic N) is 1. The van der Waals surface area contributed by atoms with Crippen molar-refractivity contribution >= 4 is 11.8 Å². The SMILES string of the molecule is C=CC[C@]1(C(=O)NNCCc2ccccc2OCC)N=C(c2ccc(OCCCO)cc2)O[C@H]1c1cccc(OC)c1. The molecule has 1 amide bonds. The van der Waals surface area contributed by atoms with E-state index in [0.29, 0.717) is 55.6 Å². The number of hydrogen-bond donors (Lipinski definition) is 3. The lowest BCUT2D eigenvalue weighted by Gasteiger charge is -2.30. The molecule has 42 heavy (non-hydrogen) atoms. The first kappa shape index (κ1) is 30.6. The smallest absolute Gasteiger partial charge is 0.266 e. The van der Waals surface area contributed by atoms with E-state index in [-0.39, 0.29) is 18.9 Å². The van der Waals surface area contributed by atoms with Gasteiger partial charge in [-0.25, -0.2) is 10.4 Å². The van der Waals surface area contributed by atoms with E-state index >= 15 is 0 Å². The molecule has 0 radical (unpaired) electrons. The van der Waals surface area contributed by atoms with Crippen LogP contribution in [-0.2, 0) is 16.0 Å². The molecule has 2 atom stereocenters. The van der Waals surface area contributed by atoms with E-state index in [1.165, 1.54) is 0 Å². The average Bonchev–Trinajstić information content (AvgIpc) is 3.41. The fourth-order valence-electron chi connectivity index (χ4n) is 4.79. The molecular formula is C33H39N3O6. The van der Waals surface area contributed by atoms with E-state index in [1.54, 1.807) is 13.2 Å². The summed E-state index contributed by atoms with van der Waals surface area (Å²) in [5.74, 6) is 2.14. The number of aliphatic imine (C=N–C) groups is 1. The number of nitrogens with one attached hydrogen (secondary N) is 2. The van der Waals surface area contributed by atoms with Crippen molar-refractivity contribution in [3.05, 3.63) is 102 Å². The standard InChI is InChI=1S/C33H39N3O6/c1-4-19-33(32(38)36-34-20-18-24-10-6-7-13-29(24)40-5-2)30(26-11-8-12-28(23-26)39-3)42-31(35-33)25-14-16-27(17-15-25)41-22-9-21-37/h4,6-8,10-17,23,30,34,37H,1,5,9,18-22H2,2-3H3,(H,36,38)/t30-,33-/m0/s1. The highest BCUT2D eigenvalue weighted by atomic mass is 16.5. The number of aliphatic hydroxyl groups excluding tert-OH is 1. The third-order valence-corrected chi connectivity index (χ3v) is 6.88. The minimum atomic E-state index is -1.32. The second-order valence-electron chi connectivity index (χ2n) is 9.73. The monoisotopic (exact) mass is 573 g/mol. The molecule has 1 heterocycles. The Labute approximate surface area is 247 Å². The number of para-hydroxylation sites is 1. The summed E-state index contributed by atoms with van der Waals surface area (Å²) in [6.07, 6.45) is 2.38. The summed E-state index contributed by atoms with van der Waals surface area (Å²) in [4.78, 5) is 18.9. The van der Waals surface area contributed by atoms with Crippen LogP contribution in [-0.4, -0.2) is 55.9 Å². The average molecular weight is 574 g/mol. The van der Waals surface area contributed by atoms with E-state index in [4.69, 9.17) is 29.0 Å². The molecule has 0 aliphatic carbocycles. The minimum absolute atomic E-state index is 0.0667. The number of hydrogen-bond acceptors (Lipinski definition) is 8. The van der Waals surface area contributed by atoms with Crippen molar-refractivity contribution in [2.75, 3.05) is 33.5 Å². The summed E-state index contributed by atoms with van der Waals surface area (Å²) < 4.78 is 23.3. The number of carbonyl (C=O) groups is 1. The lowest BCUT2D eigenvalue weighted by atomic mass is 9.84. The maximum Gasteiger partial charge on any atom is 0.266 e. The fourth-order valence-corrected chi connectivity index (χ4v) is 4.79. The fraction of sp³-hybridized carbons (Fsp3) is 0.333. The third kappa shape index (κ3) is 7.29. The molecule has 0 aromatic heterocycles. The second-order valence-corrected chi connectivity index (χ2v) is 9.73. The predicted octanol–water partition coefficient (Wildman–Crippen LogP) is 4.55. The Kier molecular flexibility index (Phi) is 11.0. The highest BCUT2D eigenvalue weighted by Crippen LogP contribution is 2.43. The third-order valence-electron chi connectivity index (χ3n) is 6.88. The van der Waals surface area contributed by atoms with Crippen LogP contribution < -0.4 is 25.1 Å². The molecule has 3 aromatic carbocycles. The van der Waals surface area contributed by atoms with Crippen molar-refractivity contribution in [3.8, 4) is 17.2 Å². The van der Waals surface area contributed by atoms with Gasteiger partial charge in [0.1, 0.15) is 17.2 Å².